The topological polar surface area (TPSA) is 54.9 Å². The van der Waals surface area contributed by atoms with Crippen molar-refractivity contribution >= 4 is 33.8 Å². The average Bonchev–Trinajstić information content (AvgIpc) is 3.17. The molecule has 0 unspecified atom stereocenters. The molecule has 0 amide bonds. The molecule has 0 radical (unpaired) electrons. The Hall–Kier alpha value is -2.18. The van der Waals surface area contributed by atoms with Gasteiger partial charge in [-0.15, -0.1) is 0 Å². The molecule has 6 heteroatoms. The zero-order valence-corrected chi connectivity index (χ0v) is 15.4. The van der Waals surface area contributed by atoms with Crippen molar-refractivity contribution in [3.63, 3.8) is 0 Å². The molecule has 2 aromatic carbocycles. The van der Waals surface area contributed by atoms with Crippen LogP contribution < -0.4 is 15.5 Å². The van der Waals surface area contributed by atoms with E-state index in [1.165, 1.54) is 0 Å². The van der Waals surface area contributed by atoms with Crippen LogP contribution in [0.3, 0.4) is 0 Å². The van der Waals surface area contributed by atoms with Gasteiger partial charge in [0, 0.05) is 13.2 Å². The molecule has 0 bridgehead atoms. The Kier molecular flexibility index (Phi) is 5.83. The molecule has 0 saturated carbocycles. The molecule has 2 aromatic rings. The number of benzene rings is 2. The van der Waals surface area contributed by atoms with E-state index in [1.807, 2.05) is 31.2 Å². The first kappa shape index (κ1) is 17.6. The number of methoxy groups -OCH3 is 1. The molecule has 1 saturated heterocycles. The number of ether oxygens (including phenoxy) is 2. The first-order chi connectivity index (χ1) is 12.2. The molecular weight excluding hydrogens is 334 g/mol. The van der Waals surface area contributed by atoms with Crippen LogP contribution in [0.15, 0.2) is 41.5 Å². The highest BCUT2D eigenvalue weighted by atomic mass is 32.1. The van der Waals surface area contributed by atoms with E-state index in [-0.39, 0.29) is 6.10 Å². The molecule has 0 aliphatic carbocycles. The zero-order valence-electron chi connectivity index (χ0n) is 14.5. The van der Waals surface area contributed by atoms with Gasteiger partial charge in [0.25, 0.3) is 0 Å². The number of hydrazone groups is 1. The molecule has 1 atom stereocenters. The van der Waals surface area contributed by atoms with Gasteiger partial charge < -0.3 is 14.8 Å². The molecule has 0 spiro atoms. The van der Waals surface area contributed by atoms with E-state index < -0.39 is 0 Å². The van der Waals surface area contributed by atoms with E-state index >= 15 is 0 Å². The summed E-state index contributed by atoms with van der Waals surface area (Å²) in [5, 5.41) is 10.3. The number of rotatable bonds is 5. The van der Waals surface area contributed by atoms with Crippen molar-refractivity contribution in [3.05, 3.63) is 42.0 Å². The third kappa shape index (κ3) is 4.67. The van der Waals surface area contributed by atoms with Crippen molar-refractivity contribution < 1.29 is 9.47 Å². The van der Waals surface area contributed by atoms with Crippen LogP contribution in [-0.2, 0) is 4.74 Å². The van der Waals surface area contributed by atoms with Crippen molar-refractivity contribution in [2.75, 3.05) is 20.3 Å². The van der Waals surface area contributed by atoms with Crippen molar-refractivity contribution in [1.82, 2.24) is 10.7 Å². The van der Waals surface area contributed by atoms with Crippen molar-refractivity contribution in [1.29, 1.82) is 0 Å². The van der Waals surface area contributed by atoms with Gasteiger partial charge in [-0.2, -0.15) is 5.10 Å². The molecule has 1 heterocycles. The summed E-state index contributed by atoms with van der Waals surface area (Å²) in [5.74, 6) is 0.856. The Balaban J connectivity index is 1.61. The maximum Gasteiger partial charge on any atom is 0.187 e. The zero-order chi connectivity index (χ0) is 17.6. The number of nitrogens with one attached hydrogen (secondary N) is 2. The number of thiocarbonyl (C=S) groups is 1. The SMILES string of the molecule is COc1ccc2cc(/C(C)=N\NC(=S)NC[C@H]3CCCO3)ccc2c1. The lowest BCUT2D eigenvalue weighted by molar-refractivity contribution is 0.114. The summed E-state index contributed by atoms with van der Waals surface area (Å²) in [7, 11) is 1.67. The van der Waals surface area contributed by atoms with Crippen molar-refractivity contribution in [3.8, 4) is 5.75 Å². The minimum Gasteiger partial charge on any atom is -0.497 e. The fourth-order valence-corrected chi connectivity index (χ4v) is 2.96. The normalized spacial score (nSPS) is 17.5. The van der Waals surface area contributed by atoms with Gasteiger partial charge in [0.2, 0.25) is 0 Å². The minimum absolute atomic E-state index is 0.252. The second kappa shape index (κ2) is 8.27. The lowest BCUT2D eigenvalue weighted by Gasteiger charge is -2.12. The summed E-state index contributed by atoms with van der Waals surface area (Å²) < 4.78 is 10.8. The molecule has 3 rings (SSSR count). The number of hydrogen-bond acceptors (Lipinski definition) is 4. The van der Waals surface area contributed by atoms with Gasteiger partial charge in [0.1, 0.15) is 5.75 Å². The van der Waals surface area contributed by atoms with Gasteiger partial charge in [-0.3, -0.25) is 5.43 Å². The van der Waals surface area contributed by atoms with Crippen LogP contribution in [0.4, 0.5) is 0 Å². The maximum absolute atomic E-state index is 5.56. The molecule has 5 nitrogen and oxygen atoms in total. The maximum atomic E-state index is 5.56. The fraction of sp³-hybridized carbons (Fsp3) is 0.368. The fourth-order valence-electron chi connectivity index (χ4n) is 2.83. The number of fused-ring (bicyclic) bond motifs is 1. The van der Waals surface area contributed by atoms with Gasteiger partial charge in [0.05, 0.1) is 18.9 Å². The Labute approximate surface area is 153 Å². The van der Waals surface area contributed by atoms with Gasteiger partial charge >= 0.3 is 0 Å². The molecule has 1 fully saturated rings. The van der Waals surface area contributed by atoms with Gasteiger partial charge in [0.15, 0.2) is 5.11 Å². The summed E-state index contributed by atoms with van der Waals surface area (Å²) in [6.07, 6.45) is 2.46. The molecular formula is C19H23N3O2S. The Morgan fingerprint density at radius 2 is 2.08 bits per heavy atom. The quantitative estimate of drug-likeness (QED) is 0.489. The molecule has 25 heavy (non-hydrogen) atoms. The van der Waals surface area contributed by atoms with E-state index in [9.17, 15) is 0 Å². The van der Waals surface area contributed by atoms with E-state index in [2.05, 4.69) is 28.0 Å². The smallest absolute Gasteiger partial charge is 0.187 e. The number of hydrogen-bond donors (Lipinski definition) is 2. The van der Waals surface area contributed by atoms with Crippen LogP contribution in [0.2, 0.25) is 0 Å². The molecule has 1 aliphatic heterocycles. The van der Waals surface area contributed by atoms with Crippen LogP contribution in [-0.4, -0.2) is 37.2 Å². The first-order valence-corrected chi connectivity index (χ1v) is 8.84. The van der Waals surface area contributed by atoms with Crippen LogP contribution in [0.25, 0.3) is 10.8 Å². The predicted molar refractivity (Wildman–Crippen MR) is 105 cm³/mol. The van der Waals surface area contributed by atoms with Crippen molar-refractivity contribution in [2.45, 2.75) is 25.9 Å². The van der Waals surface area contributed by atoms with Crippen LogP contribution in [0, 0.1) is 0 Å². The molecule has 1 aliphatic rings. The van der Waals surface area contributed by atoms with E-state index in [0.717, 1.165) is 53.8 Å². The highest BCUT2D eigenvalue weighted by molar-refractivity contribution is 7.80. The summed E-state index contributed by atoms with van der Waals surface area (Å²) in [6.45, 7) is 3.52. The monoisotopic (exact) mass is 357 g/mol. The Bertz CT molecular complexity index is 785. The van der Waals surface area contributed by atoms with E-state index in [1.54, 1.807) is 7.11 Å². The Morgan fingerprint density at radius 3 is 2.84 bits per heavy atom. The molecule has 2 N–H and O–H groups in total. The largest absolute Gasteiger partial charge is 0.497 e. The van der Waals surface area contributed by atoms with Crippen LogP contribution in [0.1, 0.15) is 25.3 Å². The minimum atomic E-state index is 0.252. The van der Waals surface area contributed by atoms with Gasteiger partial charge in [-0.1, -0.05) is 18.2 Å². The number of nitrogens with zero attached hydrogens (tertiary/aromatic N) is 1. The highest BCUT2D eigenvalue weighted by Gasteiger charge is 2.15. The molecule has 0 aromatic heterocycles. The summed E-state index contributed by atoms with van der Waals surface area (Å²) in [4.78, 5) is 0. The van der Waals surface area contributed by atoms with E-state index in [0.29, 0.717) is 5.11 Å². The lowest BCUT2D eigenvalue weighted by Crippen LogP contribution is -2.37. The second-order valence-electron chi connectivity index (χ2n) is 6.08. The highest BCUT2D eigenvalue weighted by Crippen LogP contribution is 2.22. The lowest BCUT2D eigenvalue weighted by atomic mass is 10.0. The third-order valence-corrected chi connectivity index (χ3v) is 4.54. The second-order valence-corrected chi connectivity index (χ2v) is 6.49. The summed E-state index contributed by atoms with van der Waals surface area (Å²) in [6, 6.07) is 12.3. The average molecular weight is 357 g/mol. The molecule has 132 valence electrons. The van der Waals surface area contributed by atoms with Crippen LogP contribution in [0.5, 0.6) is 5.75 Å². The van der Waals surface area contributed by atoms with Crippen LogP contribution >= 0.6 is 12.2 Å². The predicted octanol–water partition coefficient (Wildman–Crippen LogP) is 3.22. The summed E-state index contributed by atoms with van der Waals surface area (Å²) in [5.41, 5.74) is 4.83. The third-order valence-electron chi connectivity index (χ3n) is 4.30. The van der Waals surface area contributed by atoms with Gasteiger partial charge in [-0.05, 0) is 66.5 Å². The standard InChI is InChI=1S/C19H23N3O2S/c1-13(21-22-19(25)20-12-18-4-3-9-24-18)14-5-6-16-11-17(23-2)8-7-15(16)10-14/h5-8,10-11,18H,3-4,9,12H2,1-2H3,(H2,20,22,25)/b21-13-/t18-/m1/s1. The first-order valence-electron chi connectivity index (χ1n) is 8.43. The van der Waals surface area contributed by atoms with Crippen molar-refractivity contribution in [2.24, 2.45) is 5.10 Å². The van der Waals surface area contributed by atoms with E-state index in [4.69, 9.17) is 21.7 Å². The van der Waals surface area contributed by atoms with Gasteiger partial charge in [-0.25, -0.2) is 0 Å². The Morgan fingerprint density at radius 1 is 1.28 bits per heavy atom. The summed E-state index contributed by atoms with van der Waals surface area (Å²) >= 11 is 5.26.